The number of carbonyl (C=O) groups excluding carboxylic acids is 2. The molecule has 0 bridgehead atoms. The molecule has 0 spiro atoms. The standard InChI is InChI=1S/C20H26F2N2O4S2/c1-14-7-9-24(10-8-14)20(29)30-13-18(26)27-12-17(25)23(2)11-15-3-5-16(6-4-15)28-19(21)22/h3-6,14,19H,7-13H2,1-2H3. The number of hydrogen-bond acceptors (Lipinski definition) is 6. The van der Waals surface area contributed by atoms with Crippen LogP contribution >= 0.6 is 24.0 Å². The molecule has 1 aliphatic rings. The Bertz CT molecular complexity index is 726. The number of likely N-dealkylation sites (tertiary alicyclic amines) is 1. The molecule has 30 heavy (non-hydrogen) atoms. The highest BCUT2D eigenvalue weighted by atomic mass is 32.2. The molecule has 0 aromatic heterocycles. The first-order chi connectivity index (χ1) is 14.2. The number of halogens is 2. The lowest BCUT2D eigenvalue weighted by atomic mass is 10.00. The first-order valence-electron chi connectivity index (χ1n) is 9.59. The fourth-order valence-electron chi connectivity index (χ4n) is 2.84. The average molecular weight is 461 g/mol. The summed E-state index contributed by atoms with van der Waals surface area (Å²) in [6.45, 7) is 1.02. The predicted molar refractivity (Wildman–Crippen MR) is 116 cm³/mol. The number of benzene rings is 1. The van der Waals surface area contributed by atoms with Crippen LogP contribution in [0, 0.1) is 5.92 Å². The quantitative estimate of drug-likeness (QED) is 0.434. The summed E-state index contributed by atoms with van der Waals surface area (Å²) in [6, 6.07) is 5.99. The van der Waals surface area contributed by atoms with Crippen LogP contribution in [0.1, 0.15) is 25.3 Å². The normalized spacial score (nSPS) is 14.5. The van der Waals surface area contributed by atoms with Gasteiger partial charge < -0.3 is 19.3 Å². The number of hydrogen-bond donors (Lipinski definition) is 0. The highest BCUT2D eigenvalue weighted by Crippen LogP contribution is 2.20. The van der Waals surface area contributed by atoms with Crippen LogP contribution in [0.3, 0.4) is 0 Å². The summed E-state index contributed by atoms with van der Waals surface area (Å²) in [6.07, 6.45) is 2.18. The molecule has 0 unspecified atom stereocenters. The number of amides is 1. The largest absolute Gasteiger partial charge is 0.455 e. The Morgan fingerprint density at radius 1 is 1.27 bits per heavy atom. The lowest BCUT2D eigenvalue weighted by molar-refractivity contribution is -0.149. The van der Waals surface area contributed by atoms with Crippen LogP contribution in [0.25, 0.3) is 0 Å². The van der Waals surface area contributed by atoms with Gasteiger partial charge in [0.25, 0.3) is 5.91 Å². The Morgan fingerprint density at radius 2 is 1.90 bits per heavy atom. The highest BCUT2D eigenvalue weighted by molar-refractivity contribution is 8.23. The van der Waals surface area contributed by atoms with Crippen molar-refractivity contribution in [2.24, 2.45) is 5.92 Å². The van der Waals surface area contributed by atoms with Crippen LogP contribution in [-0.2, 0) is 20.9 Å². The molecule has 1 heterocycles. The number of piperidine rings is 1. The maximum Gasteiger partial charge on any atom is 0.387 e. The Kier molecular flexibility index (Phi) is 9.77. The van der Waals surface area contributed by atoms with Crippen molar-refractivity contribution in [1.82, 2.24) is 9.80 Å². The lowest BCUT2D eigenvalue weighted by Crippen LogP contribution is -2.36. The minimum Gasteiger partial charge on any atom is -0.455 e. The Morgan fingerprint density at radius 3 is 2.50 bits per heavy atom. The molecule has 2 rings (SSSR count). The van der Waals surface area contributed by atoms with Gasteiger partial charge in [-0.2, -0.15) is 8.78 Å². The van der Waals surface area contributed by atoms with Gasteiger partial charge in [-0.05, 0) is 36.5 Å². The molecule has 1 saturated heterocycles. The first kappa shape index (κ1) is 24.3. The molecule has 1 aliphatic heterocycles. The van der Waals surface area contributed by atoms with E-state index >= 15 is 0 Å². The van der Waals surface area contributed by atoms with E-state index in [0.717, 1.165) is 31.5 Å². The second-order valence-electron chi connectivity index (χ2n) is 7.16. The highest BCUT2D eigenvalue weighted by Gasteiger charge is 2.19. The van der Waals surface area contributed by atoms with E-state index in [1.165, 1.54) is 28.8 Å². The molecule has 10 heteroatoms. The topological polar surface area (TPSA) is 59.1 Å². The maximum absolute atomic E-state index is 12.2. The minimum absolute atomic E-state index is 0.0474. The molecule has 0 N–H and O–H groups in total. The monoisotopic (exact) mass is 460 g/mol. The van der Waals surface area contributed by atoms with Crippen molar-refractivity contribution in [2.45, 2.75) is 32.9 Å². The summed E-state index contributed by atoms with van der Waals surface area (Å²) in [7, 11) is 1.57. The third kappa shape index (κ3) is 8.43. The van der Waals surface area contributed by atoms with Crippen molar-refractivity contribution in [3.63, 3.8) is 0 Å². The van der Waals surface area contributed by atoms with Crippen molar-refractivity contribution in [3.8, 4) is 5.75 Å². The Hall–Kier alpha value is -1.94. The zero-order valence-electron chi connectivity index (χ0n) is 17.0. The van der Waals surface area contributed by atoms with Gasteiger partial charge in [-0.25, -0.2) is 0 Å². The zero-order valence-corrected chi connectivity index (χ0v) is 18.6. The molecular weight excluding hydrogens is 434 g/mol. The fraction of sp³-hybridized carbons (Fsp3) is 0.550. The fourth-order valence-corrected chi connectivity index (χ4v) is 3.88. The van der Waals surface area contributed by atoms with Crippen molar-refractivity contribution >= 4 is 40.2 Å². The zero-order chi connectivity index (χ0) is 22.1. The van der Waals surface area contributed by atoms with Crippen LogP contribution in [-0.4, -0.2) is 65.1 Å². The van der Waals surface area contributed by atoms with Gasteiger partial charge in [0, 0.05) is 26.7 Å². The van der Waals surface area contributed by atoms with Gasteiger partial charge in [0.2, 0.25) is 0 Å². The molecule has 1 aromatic carbocycles. The second kappa shape index (κ2) is 12.0. The molecule has 0 saturated carbocycles. The van der Waals surface area contributed by atoms with Gasteiger partial charge in [0.1, 0.15) is 10.1 Å². The van der Waals surface area contributed by atoms with E-state index < -0.39 is 12.6 Å². The van der Waals surface area contributed by atoms with E-state index in [1.54, 1.807) is 19.2 Å². The van der Waals surface area contributed by atoms with Gasteiger partial charge in [0.15, 0.2) is 6.61 Å². The minimum atomic E-state index is -2.88. The number of alkyl halides is 2. The summed E-state index contributed by atoms with van der Waals surface area (Å²) in [5.74, 6) is -0.0538. The summed E-state index contributed by atoms with van der Waals surface area (Å²) in [5, 5.41) is 0. The number of carbonyl (C=O) groups is 2. The van der Waals surface area contributed by atoms with Crippen LogP contribution in [0.15, 0.2) is 24.3 Å². The van der Waals surface area contributed by atoms with Crippen molar-refractivity contribution in [3.05, 3.63) is 29.8 Å². The number of ether oxygens (including phenoxy) is 2. The van der Waals surface area contributed by atoms with Gasteiger partial charge in [-0.1, -0.05) is 43.0 Å². The van der Waals surface area contributed by atoms with Crippen LogP contribution in [0.4, 0.5) is 8.78 Å². The smallest absolute Gasteiger partial charge is 0.387 e. The molecule has 1 amide bonds. The lowest BCUT2D eigenvalue weighted by Gasteiger charge is -2.31. The van der Waals surface area contributed by atoms with E-state index in [2.05, 4.69) is 16.6 Å². The summed E-state index contributed by atoms with van der Waals surface area (Å²) in [4.78, 5) is 27.6. The van der Waals surface area contributed by atoms with Crippen molar-refractivity contribution in [2.75, 3.05) is 32.5 Å². The van der Waals surface area contributed by atoms with E-state index in [9.17, 15) is 18.4 Å². The van der Waals surface area contributed by atoms with Gasteiger partial charge in [0.05, 0.1) is 5.75 Å². The first-order valence-corrected chi connectivity index (χ1v) is 11.0. The third-order valence-electron chi connectivity index (χ3n) is 4.71. The van der Waals surface area contributed by atoms with Gasteiger partial charge >= 0.3 is 12.6 Å². The predicted octanol–water partition coefficient (Wildman–Crippen LogP) is 3.54. The summed E-state index contributed by atoms with van der Waals surface area (Å²) >= 11 is 6.62. The molecule has 1 fully saturated rings. The molecular formula is C20H26F2N2O4S2. The SMILES string of the molecule is CC1CCN(C(=S)SCC(=O)OCC(=O)N(C)Cc2ccc(OC(F)F)cc2)CC1. The maximum atomic E-state index is 12.2. The second-order valence-corrected chi connectivity index (χ2v) is 8.77. The molecule has 0 atom stereocenters. The molecule has 1 aromatic rings. The molecule has 6 nitrogen and oxygen atoms in total. The third-order valence-corrected chi connectivity index (χ3v) is 6.20. The van der Waals surface area contributed by atoms with Crippen LogP contribution in [0.2, 0.25) is 0 Å². The van der Waals surface area contributed by atoms with Crippen molar-refractivity contribution in [1.29, 1.82) is 0 Å². The van der Waals surface area contributed by atoms with Crippen LogP contribution < -0.4 is 4.74 Å². The summed E-state index contributed by atoms with van der Waals surface area (Å²) < 4.78 is 34.3. The summed E-state index contributed by atoms with van der Waals surface area (Å²) in [5.41, 5.74) is 0.732. The number of thioether (sulfide) groups is 1. The number of thiocarbonyl (C=S) groups is 1. The van der Waals surface area contributed by atoms with E-state index in [4.69, 9.17) is 17.0 Å². The number of esters is 1. The molecule has 166 valence electrons. The number of rotatable bonds is 8. The van der Waals surface area contributed by atoms with Gasteiger partial charge in [-0.3, -0.25) is 9.59 Å². The number of likely N-dealkylation sites (N-methyl/N-ethyl adjacent to an activating group) is 1. The average Bonchev–Trinajstić information content (AvgIpc) is 2.71. The van der Waals surface area contributed by atoms with E-state index in [1.807, 2.05) is 0 Å². The van der Waals surface area contributed by atoms with Gasteiger partial charge in [-0.15, -0.1) is 0 Å². The Labute approximate surface area is 184 Å². The van der Waals surface area contributed by atoms with E-state index in [0.29, 0.717) is 10.2 Å². The molecule has 0 radical (unpaired) electrons. The number of nitrogens with zero attached hydrogens (tertiary/aromatic N) is 2. The molecule has 0 aliphatic carbocycles. The van der Waals surface area contributed by atoms with Crippen LogP contribution in [0.5, 0.6) is 5.75 Å². The van der Waals surface area contributed by atoms with Crippen molar-refractivity contribution < 1.29 is 27.8 Å². The van der Waals surface area contributed by atoms with E-state index in [-0.39, 0.29) is 30.6 Å². The Balaban J connectivity index is 1.67.